The van der Waals surface area contributed by atoms with Crippen molar-refractivity contribution < 1.29 is 14.7 Å². The average molecular weight is 570 g/mol. The molecule has 1 aliphatic carbocycles. The number of carbonyl (C=O) groups is 2. The summed E-state index contributed by atoms with van der Waals surface area (Å²) < 4.78 is 0. The van der Waals surface area contributed by atoms with Crippen molar-refractivity contribution in [1.29, 1.82) is 5.26 Å². The van der Waals surface area contributed by atoms with E-state index in [-0.39, 0.29) is 12.5 Å². The molecule has 0 aliphatic heterocycles. The van der Waals surface area contributed by atoms with E-state index in [1.54, 1.807) is 18.2 Å². The Morgan fingerprint density at radius 3 is 2.21 bits per heavy atom. The molecule has 1 saturated carbocycles. The fourth-order valence-electron chi connectivity index (χ4n) is 4.61. The number of halogens is 2. The van der Waals surface area contributed by atoms with Crippen LogP contribution in [0.3, 0.4) is 0 Å². The molecule has 1 fully saturated rings. The van der Waals surface area contributed by atoms with Gasteiger partial charge < -0.3 is 21.1 Å². The first kappa shape index (κ1) is 31.6. The van der Waals surface area contributed by atoms with Gasteiger partial charge in [-0.05, 0) is 60.6 Å². The first-order chi connectivity index (χ1) is 18.9. The van der Waals surface area contributed by atoms with Crippen molar-refractivity contribution in [3.05, 3.63) is 82.3 Å². The first-order valence-corrected chi connectivity index (χ1v) is 13.5. The van der Waals surface area contributed by atoms with Gasteiger partial charge in [-0.1, -0.05) is 91.0 Å². The lowest BCUT2D eigenvalue weighted by Gasteiger charge is -2.28. The third-order valence-corrected chi connectivity index (χ3v) is 7.27. The lowest BCUT2D eigenvalue weighted by Crippen LogP contribution is -2.34. The molecule has 39 heavy (non-hydrogen) atoms. The molecule has 3 aromatic carbocycles. The summed E-state index contributed by atoms with van der Waals surface area (Å²) in [5.41, 5.74) is 4.31. The maximum atomic E-state index is 12.9. The highest BCUT2D eigenvalue weighted by Crippen LogP contribution is 2.31. The molecule has 1 unspecified atom stereocenters. The van der Waals surface area contributed by atoms with Crippen molar-refractivity contribution in [3.63, 3.8) is 0 Å². The molecule has 0 spiro atoms. The summed E-state index contributed by atoms with van der Waals surface area (Å²) in [7, 11) is 0. The topological polar surface area (TPSA) is 114 Å². The zero-order valence-electron chi connectivity index (χ0n) is 21.9. The predicted octanol–water partition coefficient (Wildman–Crippen LogP) is 8.20. The standard InChI is InChI=1S/C28H31Cl2N3O.CHN.CH2O2/c1-19(20-9-4-2-5-10-20)31-18-23-16-15-22(21-11-6-3-7-12-21)17-26(23)32-28(34)33-27-24(29)13-8-14-25(27)30;1-2;2-1-3/h3,6-8,11-17,19-20,31H,2,4-5,9-10,18H2,1H3,(H2,32,33,34);1H;1H,(H,2,3). The zero-order valence-corrected chi connectivity index (χ0v) is 23.4. The van der Waals surface area contributed by atoms with Crippen LogP contribution in [0.15, 0.2) is 66.7 Å². The molecule has 2 amide bonds. The van der Waals surface area contributed by atoms with Crippen LogP contribution in [0.5, 0.6) is 0 Å². The lowest BCUT2D eigenvalue weighted by molar-refractivity contribution is -0.122. The number of para-hydroxylation sites is 1. The number of carboxylic acid groups (broad SMARTS) is 1. The van der Waals surface area contributed by atoms with Gasteiger partial charge in [0.15, 0.2) is 0 Å². The van der Waals surface area contributed by atoms with Crippen molar-refractivity contribution in [2.45, 2.75) is 51.6 Å². The number of nitrogens with zero attached hydrogens (tertiary/aromatic N) is 1. The second-order valence-corrected chi connectivity index (χ2v) is 9.90. The number of carbonyl (C=O) groups excluding carboxylic acids is 1. The molecule has 4 N–H and O–H groups in total. The van der Waals surface area contributed by atoms with Crippen molar-refractivity contribution in [1.82, 2.24) is 5.32 Å². The number of anilines is 2. The Balaban J connectivity index is 0.000000998. The largest absolute Gasteiger partial charge is 0.483 e. The van der Waals surface area contributed by atoms with Gasteiger partial charge in [-0.25, -0.2) is 10.1 Å². The highest BCUT2D eigenvalue weighted by molar-refractivity contribution is 6.39. The zero-order chi connectivity index (χ0) is 28.6. The molecule has 0 saturated heterocycles. The van der Waals surface area contributed by atoms with E-state index >= 15 is 0 Å². The highest BCUT2D eigenvalue weighted by atomic mass is 35.5. The van der Waals surface area contributed by atoms with Crippen LogP contribution in [0.25, 0.3) is 11.1 Å². The average Bonchev–Trinajstić information content (AvgIpc) is 2.96. The van der Waals surface area contributed by atoms with Gasteiger partial charge in [-0.15, -0.1) is 0 Å². The van der Waals surface area contributed by atoms with E-state index in [1.807, 2.05) is 24.3 Å². The minimum absolute atomic E-state index is 0.250. The fourth-order valence-corrected chi connectivity index (χ4v) is 5.11. The molecule has 3 aromatic rings. The third-order valence-electron chi connectivity index (χ3n) is 6.64. The molecule has 7 nitrogen and oxygen atoms in total. The van der Waals surface area contributed by atoms with E-state index in [0.29, 0.717) is 34.2 Å². The Bertz CT molecular complexity index is 1200. The number of nitriles is 1. The molecule has 4 rings (SSSR count). The number of hydrogen-bond acceptors (Lipinski definition) is 4. The first-order valence-electron chi connectivity index (χ1n) is 12.7. The summed E-state index contributed by atoms with van der Waals surface area (Å²) in [5, 5.41) is 23.7. The monoisotopic (exact) mass is 568 g/mol. The predicted molar refractivity (Wildman–Crippen MR) is 159 cm³/mol. The Hall–Kier alpha value is -3.57. The van der Waals surface area contributed by atoms with E-state index in [0.717, 1.165) is 22.4 Å². The molecule has 0 radical (unpaired) electrons. The second kappa shape index (κ2) is 17.1. The van der Waals surface area contributed by atoms with Crippen molar-refractivity contribution in [3.8, 4) is 17.7 Å². The molecule has 206 valence electrons. The number of hydrogen-bond donors (Lipinski definition) is 4. The second-order valence-electron chi connectivity index (χ2n) is 9.09. The molecular weight excluding hydrogens is 535 g/mol. The minimum Gasteiger partial charge on any atom is -0.483 e. The number of nitrogens with one attached hydrogen (secondary N) is 3. The van der Waals surface area contributed by atoms with Gasteiger partial charge >= 0.3 is 6.03 Å². The molecular formula is C30H34Cl2N4O3. The van der Waals surface area contributed by atoms with Gasteiger partial charge in [0, 0.05) is 24.8 Å². The van der Waals surface area contributed by atoms with Gasteiger partial charge in [0.25, 0.3) is 6.47 Å². The maximum absolute atomic E-state index is 12.9. The summed E-state index contributed by atoms with van der Waals surface area (Å²) in [6.45, 7) is 6.20. The van der Waals surface area contributed by atoms with Crippen LogP contribution < -0.4 is 16.0 Å². The Kier molecular flexibility index (Phi) is 13.9. The summed E-state index contributed by atoms with van der Waals surface area (Å²) in [5.74, 6) is 0.708. The van der Waals surface area contributed by atoms with Crippen LogP contribution in [-0.2, 0) is 11.3 Å². The van der Waals surface area contributed by atoms with Crippen LogP contribution in [-0.4, -0.2) is 23.7 Å². The Morgan fingerprint density at radius 1 is 0.974 bits per heavy atom. The molecule has 1 atom stereocenters. The molecule has 1 aliphatic rings. The van der Waals surface area contributed by atoms with E-state index in [1.165, 1.54) is 32.1 Å². The Morgan fingerprint density at radius 2 is 1.59 bits per heavy atom. The molecule has 9 heteroatoms. The lowest BCUT2D eigenvalue weighted by atomic mass is 9.84. The van der Waals surface area contributed by atoms with Crippen LogP contribution in [0.4, 0.5) is 16.2 Å². The molecule has 0 aromatic heterocycles. The van der Waals surface area contributed by atoms with Crippen molar-refractivity contribution >= 4 is 47.1 Å². The SMILES string of the molecule is C#N.CC(NCc1ccc(-c2ccccc2)cc1NC(=O)Nc1c(Cl)cccc1Cl)C1CCCCC1.O=CO. The van der Waals surface area contributed by atoms with Gasteiger partial charge in [-0.2, -0.15) is 0 Å². The van der Waals surface area contributed by atoms with Crippen LogP contribution >= 0.6 is 23.2 Å². The Labute approximate surface area is 240 Å². The van der Waals surface area contributed by atoms with Gasteiger partial charge in [-0.3, -0.25) is 4.79 Å². The van der Waals surface area contributed by atoms with Crippen molar-refractivity contribution in [2.24, 2.45) is 5.92 Å². The van der Waals surface area contributed by atoms with Crippen molar-refractivity contribution in [2.75, 3.05) is 10.6 Å². The van der Waals surface area contributed by atoms with Gasteiger partial charge in [0.2, 0.25) is 0 Å². The summed E-state index contributed by atoms with van der Waals surface area (Å²) >= 11 is 12.5. The summed E-state index contributed by atoms with van der Waals surface area (Å²) in [6, 6.07) is 21.5. The number of benzene rings is 3. The van der Waals surface area contributed by atoms with E-state index in [2.05, 4.69) is 53.7 Å². The minimum atomic E-state index is -0.387. The van der Waals surface area contributed by atoms with Crippen LogP contribution in [0.1, 0.15) is 44.6 Å². The number of rotatable bonds is 7. The van der Waals surface area contributed by atoms with Gasteiger partial charge in [0.1, 0.15) is 0 Å². The summed E-state index contributed by atoms with van der Waals surface area (Å²) in [6.07, 6.45) is 6.56. The van der Waals surface area contributed by atoms with Gasteiger partial charge in [0.05, 0.1) is 15.7 Å². The smallest absolute Gasteiger partial charge is 0.323 e. The number of amides is 2. The fraction of sp³-hybridized carbons (Fsp3) is 0.300. The number of urea groups is 1. The summed E-state index contributed by atoms with van der Waals surface area (Å²) in [4.78, 5) is 21.3. The molecule has 0 heterocycles. The maximum Gasteiger partial charge on any atom is 0.323 e. The van der Waals surface area contributed by atoms with Crippen LogP contribution in [0, 0.1) is 17.8 Å². The highest BCUT2D eigenvalue weighted by Gasteiger charge is 2.20. The van der Waals surface area contributed by atoms with E-state index in [9.17, 15) is 4.79 Å². The van der Waals surface area contributed by atoms with Crippen LogP contribution in [0.2, 0.25) is 10.0 Å². The third kappa shape index (κ3) is 9.92. The molecule has 0 bridgehead atoms. The normalized spacial score (nSPS) is 13.5. The van der Waals surface area contributed by atoms with E-state index < -0.39 is 0 Å². The van der Waals surface area contributed by atoms with E-state index in [4.69, 9.17) is 38.4 Å². The quantitative estimate of drug-likeness (QED) is 0.214.